The molecule has 0 aliphatic carbocycles. The van der Waals surface area contributed by atoms with E-state index < -0.39 is 6.10 Å². The van der Waals surface area contributed by atoms with Gasteiger partial charge in [-0.1, -0.05) is 40.2 Å². The van der Waals surface area contributed by atoms with Gasteiger partial charge in [-0.3, -0.25) is 0 Å². The normalized spacial score (nSPS) is 15.8. The molecule has 0 saturated heterocycles. The van der Waals surface area contributed by atoms with Gasteiger partial charge in [0.25, 0.3) is 0 Å². The molecule has 0 fully saturated rings. The van der Waals surface area contributed by atoms with Crippen molar-refractivity contribution in [3.8, 4) is 0 Å². The highest BCUT2D eigenvalue weighted by atomic mass is 79.9. The van der Waals surface area contributed by atoms with Crippen LogP contribution in [0.5, 0.6) is 0 Å². The molecule has 0 spiro atoms. The summed E-state index contributed by atoms with van der Waals surface area (Å²) in [6.45, 7) is 2.83. The molecule has 2 aromatic rings. The number of benzene rings is 2. The zero-order valence-corrected chi connectivity index (χ0v) is 13.1. The highest BCUT2D eigenvalue weighted by Gasteiger charge is 2.18. The zero-order valence-electron chi connectivity index (χ0n) is 11.5. The van der Waals surface area contributed by atoms with Crippen molar-refractivity contribution < 1.29 is 5.11 Å². The van der Waals surface area contributed by atoms with Crippen molar-refractivity contribution in [2.75, 3.05) is 11.4 Å². The maximum absolute atomic E-state index is 9.72. The lowest BCUT2D eigenvalue weighted by molar-refractivity contribution is 0.198. The molecule has 0 amide bonds. The molecule has 2 aromatic carbocycles. The van der Waals surface area contributed by atoms with E-state index in [9.17, 15) is 5.11 Å². The van der Waals surface area contributed by atoms with Gasteiger partial charge in [-0.2, -0.15) is 0 Å². The molecule has 1 heterocycles. The first-order valence-corrected chi connectivity index (χ1v) is 7.79. The van der Waals surface area contributed by atoms with E-state index in [4.69, 9.17) is 0 Å². The standard InChI is InChI=1S/C17H18BrNO/c1-12(20)15-9-8-14(11-16(15)18)19-10-4-6-13-5-2-3-7-17(13)19/h2-3,5,7-9,11-12,20H,4,6,10H2,1H3. The predicted octanol–water partition coefficient (Wildman–Crippen LogP) is 4.59. The molecule has 3 rings (SSSR count). The number of hydrogen-bond acceptors (Lipinski definition) is 2. The molecule has 1 unspecified atom stereocenters. The minimum atomic E-state index is -0.452. The van der Waals surface area contributed by atoms with Crippen molar-refractivity contribution in [1.82, 2.24) is 0 Å². The Bertz CT molecular complexity index is 624. The second-order valence-electron chi connectivity index (χ2n) is 5.27. The molecular formula is C17H18BrNO. The number of rotatable bonds is 2. The van der Waals surface area contributed by atoms with Crippen molar-refractivity contribution in [3.63, 3.8) is 0 Å². The second kappa shape index (κ2) is 5.58. The van der Waals surface area contributed by atoms with Gasteiger partial charge in [0.1, 0.15) is 0 Å². The fraction of sp³-hybridized carbons (Fsp3) is 0.294. The molecular weight excluding hydrogens is 314 g/mol. The maximum atomic E-state index is 9.72. The van der Waals surface area contributed by atoms with Crippen molar-refractivity contribution in [2.24, 2.45) is 0 Å². The van der Waals surface area contributed by atoms with E-state index in [1.54, 1.807) is 6.92 Å². The van der Waals surface area contributed by atoms with Crippen molar-refractivity contribution in [3.05, 3.63) is 58.1 Å². The lowest BCUT2D eigenvalue weighted by Gasteiger charge is -2.31. The number of aliphatic hydroxyl groups excluding tert-OH is 1. The molecule has 0 radical (unpaired) electrons. The van der Waals surface area contributed by atoms with Crippen LogP contribution in [0.15, 0.2) is 46.9 Å². The van der Waals surface area contributed by atoms with Crippen LogP contribution in [0.1, 0.15) is 30.6 Å². The van der Waals surface area contributed by atoms with Gasteiger partial charge < -0.3 is 10.0 Å². The Hall–Kier alpha value is -1.32. The molecule has 1 N–H and O–H groups in total. The summed E-state index contributed by atoms with van der Waals surface area (Å²) >= 11 is 3.57. The van der Waals surface area contributed by atoms with E-state index in [0.29, 0.717) is 0 Å². The molecule has 104 valence electrons. The first-order valence-electron chi connectivity index (χ1n) is 7.00. The number of para-hydroxylation sites is 1. The molecule has 2 nitrogen and oxygen atoms in total. The second-order valence-corrected chi connectivity index (χ2v) is 6.12. The van der Waals surface area contributed by atoms with Crippen molar-refractivity contribution in [2.45, 2.75) is 25.9 Å². The van der Waals surface area contributed by atoms with Crippen LogP contribution < -0.4 is 4.90 Å². The Morgan fingerprint density at radius 3 is 2.75 bits per heavy atom. The smallest absolute Gasteiger partial charge is 0.0772 e. The van der Waals surface area contributed by atoms with Gasteiger partial charge in [-0.15, -0.1) is 0 Å². The van der Waals surface area contributed by atoms with Crippen LogP contribution >= 0.6 is 15.9 Å². The summed E-state index contributed by atoms with van der Waals surface area (Å²) in [4.78, 5) is 2.36. The van der Waals surface area contributed by atoms with Gasteiger partial charge in [0.2, 0.25) is 0 Å². The quantitative estimate of drug-likeness (QED) is 0.870. The first-order chi connectivity index (χ1) is 9.66. The van der Waals surface area contributed by atoms with E-state index in [1.807, 2.05) is 6.07 Å². The van der Waals surface area contributed by atoms with Gasteiger partial charge >= 0.3 is 0 Å². The van der Waals surface area contributed by atoms with E-state index in [2.05, 4.69) is 57.2 Å². The molecule has 1 atom stereocenters. The van der Waals surface area contributed by atoms with Crippen LogP contribution in [0.2, 0.25) is 0 Å². The van der Waals surface area contributed by atoms with Crippen LogP contribution in [-0.2, 0) is 6.42 Å². The van der Waals surface area contributed by atoms with Gasteiger partial charge in [0, 0.05) is 22.4 Å². The Kier molecular flexibility index (Phi) is 3.81. The zero-order chi connectivity index (χ0) is 14.1. The van der Waals surface area contributed by atoms with E-state index >= 15 is 0 Å². The largest absolute Gasteiger partial charge is 0.389 e. The third-order valence-corrected chi connectivity index (χ3v) is 4.54. The molecule has 1 aliphatic rings. The molecule has 1 aliphatic heterocycles. The summed E-state index contributed by atoms with van der Waals surface area (Å²) in [5.74, 6) is 0. The fourth-order valence-electron chi connectivity index (χ4n) is 2.82. The van der Waals surface area contributed by atoms with Crippen LogP contribution in [0.3, 0.4) is 0 Å². The van der Waals surface area contributed by atoms with E-state index in [-0.39, 0.29) is 0 Å². The van der Waals surface area contributed by atoms with Gasteiger partial charge in [-0.05, 0) is 49.1 Å². The third kappa shape index (κ3) is 2.48. The Morgan fingerprint density at radius 1 is 1.20 bits per heavy atom. The monoisotopic (exact) mass is 331 g/mol. The number of fused-ring (bicyclic) bond motifs is 1. The molecule has 20 heavy (non-hydrogen) atoms. The molecule has 0 bridgehead atoms. The van der Waals surface area contributed by atoms with E-state index in [0.717, 1.165) is 23.0 Å². The van der Waals surface area contributed by atoms with Crippen LogP contribution in [0, 0.1) is 0 Å². The minimum Gasteiger partial charge on any atom is -0.389 e. The van der Waals surface area contributed by atoms with Crippen LogP contribution in [0.4, 0.5) is 11.4 Å². The fourth-order valence-corrected chi connectivity index (χ4v) is 3.52. The lowest BCUT2D eigenvalue weighted by Crippen LogP contribution is -2.24. The topological polar surface area (TPSA) is 23.5 Å². The minimum absolute atomic E-state index is 0.452. The van der Waals surface area contributed by atoms with Crippen molar-refractivity contribution in [1.29, 1.82) is 0 Å². The summed E-state index contributed by atoms with van der Waals surface area (Å²) in [5, 5.41) is 9.72. The third-order valence-electron chi connectivity index (χ3n) is 3.86. The average molecular weight is 332 g/mol. The molecule has 3 heteroatoms. The highest BCUT2D eigenvalue weighted by molar-refractivity contribution is 9.10. The Labute approximate surface area is 128 Å². The summed E-state index contributed by atoms with van der Waals surface area (Å²) < 4.78 is 0.966. The summed E-state index contributed by atoms with van der Waals surface area (Å²) in [6.07, 6.45) is 1.87. The lowest BCUT2D eigenvalue weighted by atomic mass is 10.0. The number of aryl methyl sites for hydroxylation is 1. The number of halogens is 1. The summed E-state index contributed by atoms with van der Waals surface area (Å²) in [6, 6.07) is 14.8. The Morgan fingerprint density at radius 2 is 2.00 bits per heavy atom. The average Bonchev–Trinajstić information content (AvgIpc) is 2.46. The number of anilines is 2. The van der Waals surface area contributed by atoms with Crippen molar-refractivity contribution >= 4 is 27.3 Å². The SMILES string of the molecule is CC(O)c1ccc(N2CCCc3ccccc32)cc1Br. The summed E-state index contributed by atoms with van der Waals surface area (Å²) in [7, 11) is 0. The highest BCUT2D eigenvalue weighted by Crippen LogP contribution is 2.36. The van der Waals surface area contributed by atoms with Crippen LogP contribution in [-0.4, -0.2) is 11.7 Å². The number of hydrogen-bond donors (Lipinski definition) is 1. The number of nitrogens with zero attached hydrogens (tertiary/aromatic N) is 1. The van der Waals surface area contributed by atoms with Gasteiger partial charge in [0.15, 0.2) is 0 Å². The van der Waals surface area contributed by atoms with Crippen LogP contribution in [0.25, 0.3) is 0 Å². The van der Waals surface area contributed by atoms with E-state index in [1.165, 1.54) is 23.4 Å². The van der Waals surface area contributed by atoms with Gasteiger partial charge in [-0.25, -0.2) is 0 Å². The van der Waals surface area contributed by atoms with Gasteiger partial charge in [0.05, 0.1) is 6.10 Å². The predicted molar refractivity (Wildman–Crippen MR) is 86.5 cm³/mol. The maximum Gasteiger partial charge on any atom is 0.0772 e. The molecule has 0 saturated carbocycles. The molecule has 0 aromatic heterocycles. The number of aliphatic hydroxyl groups is 1. The first kappa shape index (κ1) is 13.7. The summed E-state index contributed by atoms with van der Waals surface area (Å²) in [5.41, 5.74) is 4.82. The Balaban J connectivity index is 2.00.